The first-order valence-electron chi connectivity index (χ1n) is 9.72. The lowest BCUT2D eigenvalue weighted by atomic mass is 10.1. The third-order valence-corrected chi connectivity index (χ3v) is 4.83. The van der Waals surface area contributed by atoms with E-state index in [0.717, 1.165) is 50.2 Å². The van der Waals surface area contributed by atoms with Crippen molar-refractivity contribution in [1.29, 1.82) is 0 Å². The topological polar surface area (TPSA) is 58.1 Å². The van der Waals surface area contributed by atoms with Crippen LogP contribution < -0.4 is 15.4 Å². The van der Waals surface area contributed by atoms with Gasteiger partial charge in [-0.05, 0) is 35.4 Å². The van der Waals surface area contributed by atoms with Gasteiger partial charge in [-0.1, -0.05) is 30.3 Å². The van der Waals surface area contributed by atoms with Crippen molar-refractivity contribution in [3.05, 3.63) is 66.4 Å². The van der Waals surface area contributed by atoms with Crippen molar-refractivity contribution in [3.8, 4) is 5.75 Å². The molecule has 2 aliphatic heterocycles. The molecule has 146 valence electrons. The molecule has 2 aliphatic rings. The van der Waals surface area contributed by atoms with Crippen molar-refractivity contribution in [3.63, 3.8) is 0 Å². The van der Waals surface area contributed by atoms with E-state index in [-0.39, 0.29) is 0 Å². The number of hydrogen-bond acceptors (Lipinski definition) is 6. The number of nitrogens with zero attached hydrogens (tertiary/aromatic N) is 2. The highest BCUT2D eigenvalue weighted by Gasteiger charge is 2.10. The van der Waals surface area contributed by atoms with Gasteiger partial charge in [0.15, 0.2) is 5.96 Å². The van der Waals surface area contributed by atoms with Gasteiger partial charge in [0.05, 0.1) is 19.8 Å². The Kier molecular flexibility index (Phi) is 6.22. The SMILES string of the molecule is C1=C(c2ccccc2)CN=C(Nc2ccc(OCCN3CCOCC3)cc2)N1. The summed E-state index contributed by atoms with van der Waals surface area (Å²) in [6, 6.07) is 18.3. The molecule has 1 fully saturated rings. The van der Waals surface area contributed by atoms with Crippen LogP contribution in [0.4, 0.5) is 5.69 Å². The predicted octanol–water partition coefficient (Wildman–Crippen LogP) is 2.81. The minimum absolute atomic E-state index is 0.655. The van der Waals surface area contributed by atoms with Gasteiger partial charge >= 0.3 is 0 Å². The number of nitrogens with one attached hydrogen (secondary N) is 2. The number of anilines is 1. The summed E-state index contributed by atoms with van der Waals surface area (Å²) in [5.74, 6) is 1.63. The van der Waals surface area contributed by atoms with Crippen molar-refractivity contribution in [2.24, 2.45) is 4.99 Å². The number of rotatable bonds is 6. The Balaban J connectivity index is 1.23. The van der Waals surface area contributed by atoms with E-state index in [4.69, 9.17) is 9.47 Å². The van der Waals surface area contributed by atoms with Crippen molar-refractivity contribution in [2.75, 3.05) is 51.3 Å². The van der Waals surface area contributed by atoms with Gasteiger partial charge in [-0.15, -0.1) is 0 Å². The Morgan fingerprint density at radius 2 is 1.82 bits per heavy atom. The van der Waals surface area contributed by atoms with Gasteiger partial charge in [0.2, 0.25) is 0 Å². The number of hydrogen-bond donors (Lipinski definition) is 2. The van der Waals surface area contributed by atoms with Gasteiger partial charge in [-0.2, -0.15) is 0 Å². The molecule has 0 unspecified atom stereocenters. The summed E-state index contributed by atoms with van der Waals surface area (Å²) in [5, 5.41) is 6.54. The molecular formula is C22H26N4O2. The number of benzene rings is 2. The lowest BCUT2D eigenvalue weighted by Gasteiger charge is -2.26. The average molecular weight is 378 g/mol. The average Bonchev–Trinajstić information content (AvgIpc) is 2.77. The van der Waals surface area contributed by atoms with Crippen LogP contribution >= 0.6 is 0 Å². The summed E-state index contributed by atoms with van der Waals surface area (Å²) in [7, 11) is 0. The molecule has 4 rings (SSSR count). The lowest BCUT2D eigenvalue weighted by molar-refractivity contribution is 0.0322. The minimum atomic E-state index is 0.655. The summed E-state index contributed by atoms with van der Waals surface area (Å²) in [5.41, 5.74) is 3.34. The largest absolute Gasteiger partial charge is 0.492 e. The van der Waals surface area contributed by atoms with Crippen LogP contribution in [-0.2, 0) is 4.74 Å². The molecule has 0 aromatic heterocycles. The third-order valence-electron chi connectivity index (χ3n) is 4.83. The molecular weight excluding hydrogens is 352 g/mol. The first-order chi connectivity index (χ1) is 13.9. The molecule has 2 aromatic rings. The zero-order chi connectivity index (χ0) is 19.0. The van der Waals surface area contributed by atoms with Gasteiger partial charge in [-0.3, -0.25) is 4.90 Å². The molecule has 2 aromatic carbocycles. The predicted molar refractivity (Wildman–Crippen MR) is 113 cm³/mol. The number of aliphatic imine (C=N–C) groups is 1. The Morgan fingerprint density at radius 1 is 1.04 bits per heavy atom. The van der Waals surface area contributed by atoms with E-state index in [9.17, 15) is 0 Å². The minimum Gasteiger partial charge on any atom is -0.492 e. The maximum atomic E-state index is 5.85. The number of ether oxygens (including phenoxy) is 2. The Hall–Kier alpha value is -2.83. The van der Waals surface area contributed by atoms with E-state index in [0.29, 0.717) is 13.2 Å². The van der Waals surface area contributed by atoms with Crippen molar-refractivity contribution < 1.29 is 9.47 Å². The highest BCUT2D eigenvalue weighted by Crippen LogP contribution is 2.18. The van der Waals surface area contributed by atoms with E-state index in [1.54, 1.807) is 0 Å². The first kappa shape index (κ1) is 18.5. The normalized spacial score (nSPS) is 17.3. The fourth-order valence-corrected chi connectivity index (χ4v) is 3.20. The molecule has 6 nitrogen and oxygen atoms in total. The van der Waals surface area contributed by atoms with E-state index < -0.39 is 0 Å². The summed E-state index contributed by atoms with van der Waals surface area (Å²) in [6.45, 7) is 5.89. The van der Waals surface area contributed by atoms with E-state index in [1.807, 2.05) is 48.7 Å². The van der Waals surface area contributed by atoms with Crippen LogP contribution in [0.5, 0.6) is 5.75 Å². The highest BCUT2D eigenvalue weighted by atomic mass is 16.5. The molecule has 2 heterocycles. The van der Waals surface area contributed by atoms with Crippen molar-refractivity contribution in [1.82, 2.24) is 10.2 Å². The second-order valence-corrected chi connectivity index (χ2v) is 6.80. The van der Waals surface area contributed by atoms with Gasteiger partial charge < -0.3 is 20.1 Å². The maximum absolute atomic E-state index is 5.85. The van der Waals surface area contributed by atoms with E-state index in [1.165, 1.54) is 11.1 Å². The van der Waals surface area contributed by atoms with E-state index in [2.05, 4.69) is 32.7 Å². The van der Waals surface area contributed by atoms with Gasteiger partial charge in [-0.25, -0.2) is 4.99 Å². The molecule has 28 heavy (non-hydrogen) atoms. The summed E-state index contributed by atoms with van der Waals surface area (Å²) in [6.07, 6.45) is 2.01. The second-order valence-electron chi connectivity index (χ2n) is 6.80. The van der Waals surface area contributed by atoms with Gasteiger partial charge in [0, 0.05) is 31.5 Å². The lowest BCUT2D eigenvalue weighted by Crippen LogP contribution is -2.38. The molecule has 0 aliphatic carbocycles. The Morgan fingerprint density at radius 3 is 2.54 bits per heavy atom. The van der Waals surface area contributed by atoms with Gasteiger partial charge in [0.25, 0.3) is 0 Å². The zero-order valence-corrected chi connectivity index (χ0v) is 15.9. The maximum Gasteiger partial charge on any atom is 0.200 e. The summed E-state index contributed by atoms with van der Waals surface area (Å²) >= 11 is 0. The third kappa shape index (κ3) is 5.12. The van der Waals surface area contributed by atoms with Crippen LogP contribution in [0.3, 0.4) is 0 Å². The zero-order valence-electron chi connectivity index (χ0n) is 15.9. The van der Waals surface area contributed by atoms with Crippen LogP contribution in [0.15, 0.2) is 65.8 Å². The summed E-state index contributed by atoms with van der Waals surface area (Å²) < 4.78 is 11.2. The van der Waals surface area contributed by atoms with Crippen LogP contribution in [0.2, 0.25) is 0 Å². The molecule has 0 spiro atoms. The quantitative estimate of drug-likeness (QED) is 0.810. The monoisotopic (exact) mass is 378 g/mol. The molecule has 0 bridgehead atoms. The molecule has 2 N–H and O–H groups in total. The molecule has 0 radical (unpaired) electrons. The highest BCUT2D eigenvalue weighted by molar-refractivity contribution is 5.96. The molecule has 6 heteroatoms. The van der Waals surface area contributed by atoms with Crippen LogP contribution in [0.25, 0.3) is 5.57 Å². The van der Waals surface area contributed by atoms with Crippen LogP contribution in [0.1, 0.15) is 5.56 Å². The standard InChI is InChI=1S/C22H26N4O2/c1-2-4-18(5-3-1)19-16-23-22(24-17-19)25-20-6-8-21(9-7-20)28-15-12-26-10-13-27-14-11-26/h1-9,16H,10-15,17H2,(H2,23,24,25). The fourth-order valence-electron chi connectivity index (χ4n) is 3.20. The van der Waals surface area contributed by atoms with E-state index >= 15 is 0 Å². The van der Waals surface area contributed by atoms with Crippen molar-refractivity contribution >= 4 is 17.2 Å². The van der Waals surface area contributed by atoms with Gasteiger partial charge in [0.1, 0.15) is 12.4 Å². The number of morpholine rings is 1. The molecule has 1 saturated heterocycles. The van der Waals surface area contributed by atoms with Crippen molar-refractivity contribution in [2.45, 2.75) is 0 Å². The molecule has 0 atom stereocenters. The molecule has 0 saturated carbocycles. The van der Waals surface area contributed by atoms with Crippen LogP contribution in [0, 0.1) is 0 Å². The smallest absolute Gasteiger partial charge is 0.200 e. The molecule has 0 amide bonds. The van der Waals surface area contributed by atoms with Crippen LogP contribution in [-0.4, -0.2) is 56.9 Å². The fraction of sp³-hybridized carbons (Fsp3) is 0.318. The Bertz CT molecular complexity index is 812. The second kappa shape index (κ2) is 9.39. The summed E-state index contributed by atoms with van der Waals surface area (Å²) in [4.78, 5) is 6.95. The Labute approximate surface area is 165 Å². The number of guanidine groups is 1. The first-order valence-corrected chi connectivity index (χ1v) is 9.72.